The van der Waals surface area contributed by atoms with Gasteiger partial charge >= 0.3 is 0 Å². The van der Waals surface area contributed by atoms with Crippen molar-refractivity contribution in [1.29, 1.82) is 0 Å². The van der Waals surface area contributed by atoms with Gasteiger partial charge in [-0.05, 0) is 38.7 Å². The average molecular weight is 260 g/mol. The van der Waals surface area contributed by atoms with Crippen molar-refractivity contribution < 1.29 is 9.32 Å². The highest BCUT2D eigenvalue weighted by molar-refractivity contribution is 6.02. The summed E-state index contributed by atoms with van der Waals surface area (Å²) in [5.41, 5.74) is 2.55. The molecule has 0 aromatic carbocycles. The topological polar surface area (TPSA) is 73.0 Å². The second-order valence-corrected chi connectivity index (χ2v) is 4.63. The highest BCUT2D eigenvalue weighted by atomic mass is 16.5. The van der Waals surface area contributed by atoms with Crippen LogP contribution in [0.2, 0.25) is 0 Å². The molecule has 0 atom stereocenters. The van der Waals surface area contributed by atoms with Crippen LogP contribution in [0.4, 0.5) is 5.88 Å². The first-order valence-corrected chi connectivity index (χ1v) is 6.60. The number of nitrogens with one attached hydrogen (secondary N) is 1. The van der Waals surface area contributed by atoms with E-state index in [1.165, 1.54) is 0 Å². The van der Waals surface area contributed by atoms with Gasteiger partial charge in [0.1, 0.15) is 5.69 Å². The lowest BCUT2D eigenvalue weighted by molar-refractivity contribution is 0.101. The molecule has 100 valence electrons. The molecule has 19 heavy (non-hydrogen) atoms. The summed E-state index contributed by atoms with van der Waals surface area (Å²) < 4.78 is 6.90. The van der Waals surface area contributed by atoms with Crippen LogP contribution < -0.4 is 5.32 Å². The normalized spacial score (nSPS) is 14.2. The van der Waals surface area contributed by atoms with Gasteiger partial charge in [0, 0.05) is 18.3 Å². The minimum atomic E-state index is -0.205. The quantitative estimate of drug-likeness (QED) is 0.916. The summed E-state index contributed by atoms with van der Waals surface area (Å²) in [6.45, 7) is 2.60. The summed E-state index contributed by atoms with van der Waals surface area (Å²) >= 11 is 0. The van der Waals surface area contributed by atoms with Gasteiger partial charge in [0.15, 0.2) is 0 Å². The molecule has 3 rings (SSSR count). The Morgan fingerprint density at radius 1 is 1.47 bits per heavy atom. The fourth-order valence-corrected chi connectivity index (χ4v) is 2.43. The molecule has 0 spiro atoms. The SMILES string of the molecule is CCn1nccc1C(=O)Nc1onc2c1CCCC2. The zero-order valence-corrected chi connectivity index (χ0v) is 10.8. The Hall–Kier alpha value is -2.11. The Bertz CT molecular complexity index is 600. The summed E-state index contributed by atoms with van der Waals surface area (Å²) in [5, 5.41) is 10.9. The summed E-state index contributed by atoms with van der Waals surface area (Å²) in [6, 6.07) is 1.70. The van der Waals surface area contributed by atoms with E-state index in [0.29, 0.717) is 18.1 Å². The fraction of sp³-hybridized carbons (Fsp3) is 0.462. The second kappa shape index (κ2) is 4.87. The molecule has 6 nitrogen and oxygen atoms in total. The molecule has 0 aliphatic heterocycles. The number of aromatic nitrogens is 3. The predicted octanol–water partition coefficient (Wildman–Crippen LogP) is 2.02. The van der Waals surface area contributed by atoms with Gasteiger partial charge in [-0.2, -0.15) is 5.10 Å². The van der Waals surface area contributed by atoms with Gasteiger partial charge in [-0.3, -0.25) is 14.8 Å². The molecule has 2 aromatic rings. The third kappa shape index (κ3) is 2.14. The number of fused-ring (bicyclic) bond motifs is 1. The van der Waals surface area contributed by atoms with E-state index in [1.807, 2.05) is 6.92 Å². The molecule has 2 heterocycles. The second-order valence-electron chi connectivity index (χ2n) is 4.63. The Morgan fingerprint density at radius 3 is 3.16 bits per heavy atom. The first-order chi connectivity index (χ1) is 9.29. The van der Waals surface area contributed by atoms with Crippen molar-refractivity contribution in [2.75, 3.05) is 5.32 Å². The third-order valence-corrected chi connectivity index (χ3v) is 3.44. The van der Waals surface area contributed by atoms with Crippen LogP contribution in [-0.2, 0) is 19.4 Å². The number of hydrogen-bond acceptors (Lipinski definition) is 4. The Kier molecular flexibility index (Phi) is 3.06. The van der Waals surface area contributed by atoms with Crippen LogP contribution in [-0.4, -0.2) is 20.8 Å². The van der Waals surface area contributed by atoms with E-state index in [2.05, 4.69) is 15.6 Å². The van der Waals surface area contributed by atoms with Gasteiger partial charge in [-0.1, -0.05) is 5.16 Å². The molecule has 0 bridgehead atoms. The van der Waals surface area contributed by atoms with Gasteiger partial charge in [-0.15, -0.1) is 0 Å². The summed E-state index contributed by atoms with van der Waals surface area (Å²) in [5.74, 6) is 0.285. The molecule has 1 aliphatic carbocycles. The lowest BCUT2D eigenvalue weighted by Gasteiger charge is -2.09. The van der Waals surface area contributed by atoms with Crippen molar-refractivity contribution in [1.82, 2.24) is 14.9 Å². The van der Waals surface area contributed by atoms with E-state index < -0.39 is 0 Å². The Morgan fingerprint density at radius 2 is 2.32 bits per heavy atom. The number of nitrogens with zero attached hydrogens (tertiary/aromatic N) is 3. The lowest BCUT2D eigenvalue weighted by Crippen LogP contribution is -2.18. The van der Waals surface area contributed by atoms with E-state index >= 15 is 0 Å². The van der Waals surface area contributed by atoms with Crippen LogP contribution >= 0.6 is 0 Å². The van der Waals surface area contributed by atoms with Gasteiger partial charge in [0.2, 0.25) is 5.88 Å². The molecule has 0 saturated carbocycles. The number of amides is 1. The van der Waals surface area contributed by atoms with Crippen molar-refractivity contribution in [3.8, 4) is 0 Å². The molecule has 0 unspecified atom stereocenters. The van der Waals surface area contributed by atoms with Crippen molar-refractivity contribution in [3.63, 3.8) is 0 Å². The molecule has 1 aliphatic rings. The number of hydrogen-bond donors (Lipinski definition) is 1. The van der Waals surface area contributed by atoms with E-state index in [0.717, 1.165) is 36.9 Å². The summed E-state index contributed by atoms with van der Waals surface area (Å²) in [7, 11) is 0. The van der Waals surface area contributed by atoms with Crippen molar-refractivity contribution in [3.05, 3.63) is 29.2 Å². The predicted molar refractivity (Wildman–Crippen MR) is 69.0 cm³/mol. The largest absolute Gasteiger partial charge is 0.338 e. The third-order valence-electron chi connectivity index (χ3n) is 3.44. The molecule has 1 amide bonds. The monoisotopic (exact) mass is 260 g/mol. The summed E-state index contributed by atoms with van der Waals surface area (Å²) in [4.78, 5) is 12.2. The molecule has 1 N–H and O–H groups in total. The van der Waals surface area contributed by atoms with Crippen LogP contribution in [0.1, 0.15) is 41.5 Å². The maximum absolute atomic E-state index is 12.2. The van der Waals surface area contributed by atoms with Crippen LogP contribution in [0.5, 0.6) is 0 Å². The molecule has 2 aromatic heterocycles. The molecule has 0 radical (unpaired) electrons. The van der Waals surface area contributed by atoms with Crippen molar-refractivity contribution >= 4 is 11.8 Å². The zero-order chi connectivity index (χ0) is 13.2. The smallest absolute Gasteiger partial charge is 0.276 e. The highest BCUT2D eigenvalue weighted by Gasteiger charge is 2.22. The molecular formula is C13H16N4O2. The maximum Gasteiger partial charge on any atom is 0.276 e. The molecule has 6 heteroatoms. The zero-order valence-electron chi connectivity index (χ0n) is 10.8. The number of carbonyl (C=O) groups is 1. The molecule has 0 fully saturated rings. The fourth-order valence-electron chi connectivity index (χ4n) is 2.43. The van der Waals surface area contributed by atoms with E-state index in [4.69, 9.17) is 4.52 Å². The van der Waals surface area contributed by atoms with Crippen LogP contribution in [0, 0.1) is 0 Å². The van der Waals surface area contributed by atoms with E-state index in [1.54, 1.807) is 16.9 Å². The van der Waals surface area contributed by atoms with Crippen LogP contribution in [0.25, 0.3) is 0 Å². The van der Waals surface area contributed by atoms with Crippen LogP contribution in [0.15, 0.2) is 16.8 Å². The Labute approximate surface area is 110 Å². The van der Waals surface area contributed by atoms with Crippen molar-refractivity contribution in [2.24, 2.45) is 0 Å². The van der Waals surface area contributed by atoms with Gasteiger partial charge in [0.25, 0.3) is 5.91 Å². The minimum Gasteiger partial charge on any atom is -0.338 e. The minimum absolute atomic E-state index is 0.205. The van der Waals surface area contributed by atoms with Gasteiger partial charge in [0.05, 0.1) is 5.69 Å². The van der Waals surface area contributed by atoms with Gasteiger partial charge < -0.3 is 4.52 Å². The number of anilines is 1. The van der Waals surface area contributed by atoms with Gasteiger partial charge in [-0.25, -0.2) is 0 Å². The number of aryl methyl sites for hydroxylation is 2. The van der Waals surface area contributed by atoms with Crippen molar-refractivity contribution in [2.45, 2.75) is 39.2 Å². The summed E-state index contributed by atoms with van der Waals surface area (Å²) in [6.07, 6.45) is 5.72. The standard InChI is InChI=1S/C13H16N4O2/c1-2-17-11(7-8-14-17)12(18)15-13-9-5-3-4-6-10(9)16-19-13/h7-8H,2-6H2,1H3,(H,15,18). The molecule has 0 saturated heterocycles. The lowest BCUT2D eigenvalue weighted by atomic mass is 9.98. The average Bonchev–Trinajstić information content (AvgIpc) is 3.05. The van der Waals surface area contributed by atoms with E-state index in [-0.39, 0.29) is 5.91 Å². The molecular weight excluding hydrogens is 244 g/mol. The van der Waals surface area contributed by atoms with E-state index in [9.17, 15) is 4.79 Å². The first kappa shape index (κ1) is 12.0. The Balaban J connectivity index is 1.82. The maximum atomic E-state index is 12.2. The number of rotatable bonds is 3. The number of carbonyl (C=O) groups excluding carboxylic acids is 1. The highest BCUT2D eigenvalue weighted by Crippen LogP contribution is 2.27. The first-order valence-electron chi connectivity index (χ1n) is 6.60. The van der Waals surface area contributed by atoms with Crippen LogP contribution in [0.3, 0.4) is 0 Å².